The second kappa shape index (κ2) is 7.37. The molecule has 0 aliphatic heterocycles. The molecule has 1 rings (SSSR count). The topological polar surface area (TPSA) is 70.2 Å². The number of benzene rings is 1. The lowest BCUT2D eigenvalue weighted by Crippen LogP contribution is -2.31. The fourth-order valence-corrected chi connectivity index (χ4v) is 1.37. The monoisotopic (exact) mass is 289 g/mol. The summed E-state index contributed by atoms with van der Waals surface area (Å²) in [5.41, 5.74) is -0.509. The number of halogens is 3. The van der Waals surface area contributed by atoms with Gasteiger partial charge < -0.3 is 16.0 Å². The summed E-state index contributed by atoms with van der Waals surface area (Å²) >= 11 is 0. The molecule has 0 aliphatic rings. The number of carbonyl (C=O) groups is 2. The quantitative estimate of drug-likeness (QED) is 0.553. The minimum absolute atomic E-state index is 0.265. The third-order valence-electron chi connectivity index (χ3n) is 2.34. The van der Waals surface area contributed by atoms with Crippen LogP contribution in [-0.2, 0) is 11.0 Å². The Bertz CT molecular complexity index is 446. The predicted octanol–water partition coefficient (Wildman–Crippen LogP) is 1.96. The lowest BCUT2D eigenvalue weighted by atomic mass is 10.2. The van der Waals surface area contributed by atoms with E-state index in [-0.39, 0.29) is 5.69 Å². The first-order valence-corrected chi connectivity index (χ1v) is 5.82. The highest BCUT2D eigenvalue weighted by molar-refractivity contribution is 5.89. The first-order chi connectivity index (χ1) is 9.43. The van der Waals surface area contributed by atoms with Crippen molar-refractivity contribution in [2.24, 2.45) is 0 Å². The van der Waals surface area contributed by atoms with Crippen molar-refractivity contribution in [1.82, 2.24) is 10.6 Å². The first-order valence-electron chi connectivity index (χ1n) is 5.82. The van der Waals surface area contributed by atoms with Crippen molar-refractivity contribution in [3.8, 4) is 0 Å². The maximum Gasteiger partial charge on any atom is 0.416 e. The Balaban J connectivity index is 2.37. The molecule has 0 spiro atoms. The van der Waals surface area contributed by atoms with Crippen LogP contribution < -0.4 is 16.0 Å². The predicted molar refractivity (Wildman–Crippen MR) is 67.1 cm³/mol. The highest BCUT2D eigenvalue weighted by atomic mass is 19.4. The number of urea groups is 1. The molecule has 0 aromatic heterocycles. The average molecular weight is 289 g/mol. The number of anilines is 1. The van der Waals surface area contributed by atoms with Gasteiger partial charge in [-0.05, 0) is 30.7 Å². The van der Waals surface area contributed by atoms with Crippen LogP contribution in [0.25, 0.3) is 0 Å². The molecule has 5 nitrogen and oxygen atoms in total. The second-order valence-electron chi connectivity index (χ2n) is 3.88. The SMILES string of the molecule is O=CNCCCNC(=O)Nc1ccc(C(F)(F)F)cc1. The van der Waals surface area contributed by atoms with E-state index in [1.165, 1.54) is 12.1 Å². The van der Waals surface area contributed by atoms with Gasteiger partial charge in [-0.1, -0.05) is 0 Å². The van der Waals surface area contributed by atoms with Gasteiger partial charge in [0.2, 0.25) is 6.41 Å². The molecule has 1 aromatic carbocycles. The minimum atomic E-state index is -4.40. The Labute approximate surface area is 113 Å². The van der Waals surface area contributed by atoms with E-state index in [4.69, 9.17) is 0 Å². The van der Waals surface area contributed by atoms with E-state index in [1.54, 1.807) is 0 Å². The molecular formula is C12H14F3N3O2. The lowest BCUT2D eigenvalue weighted by molar-refractivity contribution is -0.137. The molecule has 1 aromatic rings. The van der Waals surface area contributed by atoms with Gasteiger partial charge in [0.25, 0.3) is 0 Å². The van der Waals surface area contributed by atoms with Crippen molar-refractivity contribution < 1.29 is 22.8 Å². The minimum Gasteiger partial charge on any atom is -0.359 e. The summed E-state index contributed by atoms with van der Waals surface area (Å²) in [5.74, 6) is 0. The number of nitrogens with one attached hydrogen (secondary N) is 3. The van der Waals surface area contributed by atoms with Crippen LogP contribution in [0, 0.1) is 0 Å². The van der Waals surface area contributed by atoms with E-state index in [1.807, 2.05) is 0 Å². The van der Waals surface area contributed by atoms with Gasteiger partial charge in [-0.2, -0.15) is 13.2 Å². The number of hydrogen-bond acceptors (Lipinski definition) is 2. The molecule has 0 saturated heterocycles. The fourth-order valence-electron chi connectivity index (χ4n) is 1.37. The third kappa shape index (κ3) is 5.59. The van der Waals surface area contributed by atoms with Crippen molar-refractivity contribution in [3.63, 3.8) is 0 Å². The summed E-state index contributed by atoms with van der Waals surface area (Å²) < 4.78 is 37.0. The summed E-state index contributed by atoms with van der Waals surface area (Å²) in [5, 5.41) is 7.34. The fraction of sp³-hybridized carbons (Fsp3) is 0.333. The van der Waals surface area contributed by atoms with Crippen LogP contribution in [0.4, 0.5) is 23.7 Å². The Kier molecular flexibility index (Phi) is 5.82. The van der Waals surface area contributed by atoms with E-state index in [0.717, 1.165) is 12.1 Å². The molecule has 0 fully saturated rings. The van der Waals surface area contributed by atoms with Crippen molar-refractivity contribution in [3.05, 3.63) is 29.8 Å². The maximum absolute atomic E-state index is 12.3. The van der Waals surface area contributed by atoms with Gasteiger partial charge in [0.1, 0.15) is 0 Å². The van der Waals surface area contributed by atoms with E-state index >= 15 is 0 Å². The largest absolute Gasteiger partial charge is 0.416 e. The van der Waals surface area contributed by atoms with Gasteiger partial charge in [-0.15, -0.1) is 0 Å². The Morgan fingerprint density at radius 3 is 2.35 bits per heavy atom. The van der Waals surface area contributed by atoms with Crippen LogP contribution in [0.1, 0.15) is 12.0 Å². The summed E-state index contributed by atoms with van der Waals surface area (Å²) in [7, 11) is 0. The second-order valence-corrected chi connectivity index (χ2v) is 3.88. The maximum atomic E-state index is 12.3. The zero-order valence-electron chi connectivity index (χ0n) is 10.5. The molecule has 0 bridgehead atoms. The smallest absolute Gasteiger partial charge is 0.359 e. The van der Waals surface area contributed by atoms with Crippen molar-refractivity contribution >= 4 is 18.1 Å². The summed E-state index contributed by atoms with van der Waals surface area (Å²) in [6.45, 7) is 0.775. The average Bonchev–Trinajstić information content (AvgIpc) is 2.38. The van der Waals surface area contributed by atoms with E-state index in [0.29, 0.717) is 25.9 Å². The summed E-state index contributed by atoms with van der Waals surface area (Å²) in [6.07, 6.45) is -3.28. The molecule has 0 unspecified atom stereocenters. The normalized spacial score (nSPS) is 10.8. The standard InChI is InChI=1S/C12H14F3N3O2/c13-12(14,15)9-2-4-10(5-3-9)18-11(20)17-7-1-6-16-8-19/h2-5,8H,1,6-7H2,(H,16,19)(H2,17,18,20). The van der Waals surface area contributed by atoms with Gasteiger partial charge >= 0.3 is 12.2 Å². The van der Waals surface area contributed by atoms with E-state index in [9.17, 15) is 22.8 Å². The van der Waals surface area contributed by atoms with E-state index in [2.05, 4.69) is 16.0 Å². The number of hydrogen-bond donors (Lipinski definition) is 3. The van der Waals surface area contributed by atoms with Crippen LogP contribution in [0.5, 0.6) is 0 Å². The molecule has 0 radical (unpaired) electrons. The number of amides is 3. The molecule has 3 N–H and O–H groups in total. The van der Waals surface area contributed by atoms with Crippen LogP contribution in [0.2, 0.25) is 0 Å². The molecule has 0 heterocycles. The van der Waals surface area contributed by atoms with Crippen molar-refractivity contribution in [1.29, 1.82) is 0 Å². The zero-order valence-corrected chi connectivity index (χ0v) is 10.5. The summed E-state index contributed by atoms with van der Waals surface area (Å²) in [4.78, 5) is 21.3. The molecule has 3 amide bonds. The number of rotatable bonds is 6. The Morgan fingerprint density at radius 1 is 1.15 bits per heavy atom. The summed E-state index contributed by atoms with van der Waals surface area (Å²) in [6, 6.07) is 3.62. The molecule has 20 heavy (non-hydrogen) atoms. The van der Waals surface area contributed by atoms with Gasteiger partial charge in [-0.25, -0.2) is 4.79 Å². The Morgan fingerprint density at radius 2 is 1.80 bits per heavy atom. The van der Waals surface area contributed by atoms with Crippen LogP contribution in [0.15, 0.2) is 24.3 Å². The first kappa shape index (κ1) is 15.8. The zero-order chi connectivity index (χ0) is 15.0. The lowest BCUT2D eigenvalue weighted by Gasteiger charge is -2.09. The third-order valence-corrected chi connectivity index (χ3v) is 2.34. The van der Waals surface area contributed by atoms with E-state index < -0.39 is 17.8 Å². The van der Waals surface area contributed by atoms with Gasteiger partial charge in [0.15, 0.2) is 0 Å². The van der Waals surface area contributed by atoms with Gasteiger partial charge in [0.05, 0.1) is 5.56 Å². The highest BCUT2D eigenvalue weighted by Crippen LogP contribution is 2.29. The van der Waals surface area contributed by atoms with Gasteiger partial charge in [-0.3, -0.25) is 4.79 Å². The Hall–Kier alpha value is -2.25. The highest BCUT2D eigenvalue weighted by Gasteiger charge is 2.29. The molecule has 8 heteroatoms. The van der Waals surface area contributed by atoms with Crippen LogP contribution in [0.3, 0.4) is 0 Å². The van der Waals surface area contributed by atoms with Gasteiger partial charge in [0, 0.05) is 18.8 Å². The molecule has 0 atom stereocenters. The van der Waals surface area contributed by atoms with Crippen molar-refractivity contribution in [2.45, 2.75) is 12.6 Å². The van der Waals surface area contributed by atoms with Crippen LogP contribution in [-0.4, -0.2) is 25.5 Å². The molecular weight excluding hydrogens is 275 g/mol. The number of alkyl halides is 3. The molecule has 0 aliphatic carbocycles. The van der Waals surface area contributed by atoms with Crippen LogP contribution >= 0.6 is 0 Å². The molecule has 110 valence electrons. The number of carbonyl (C=O) groups excluding carboxylic acids is 2. The molecule has 0 saturated carbocycles. The van der Waals surface area contributed by atoms with Crippen molar-refractivity contribution in [2.75, 3.05) is 18.4 Å².